The van der Waals surface area contributed by atoms with Crippen LogP contribution in [0, 0.1) is 0 Å². The van der Waals surface area contributed by atoms with Gasteiger partial charge in [0.05, 0.1) is 5.56 Å². The molecular formula is C23H29F3N4O3S2. The molecule has 35 heavy (non-hydrogen) atoms. The standard InChI is InChI=1S/C12H15F3N2.C11H14N2O3S2/c13-12(14,15)10-3-1-9(2-4-10)7-17-6-5-11(16)8-17;14-18(15,10-2-1-9-17-10)13-7-4-11(5-8-13)3-6-12-16-11/h1-4,11H,5-8,16H2;1-2,6,9H,3-5,7-8H2. The van der Waals surface area contributed by atoms with Gasteiger partial charge >= 0.3 is 6.18 Å². The van der Waals surface area contributed by atoms with Crippen molar-refractivity contribution in [3.8, 4) is 0 Å². The van der Waals surface area contributed by atoms with Gasteiger partial charge in [0, 0.05) is 64.2 Å². The Morgan fingerprint density at radius 2 is 1.86 bits per heavy atom. The third-order valence-corrected chi connectivity index (χ3v) is 9.78. The van der Waals surface area contributed by atoms with Gasteiger partial charge in [-0.05, 0) is 35.6 Å². The second-order valence-corrected chi connectivity index (χ2v) is 12.2. The van der Waals surface area contributed by atoms with E-state index in [1.807, 2.05) is 0 Å². The molecule has 2 fully saturated rings. The van der Waals surface area contributed by atoms with Crippen LogP contribution in [0.15, 0.2) is 51.1 Å². The Bertz CT molecular complexity index is 1090. The Morgan fingerprint density at radius 1 is 1.14 bits per heavy atom. The van der Waals surface area contributed by atoms with Crippen LogP contribution < -0.4 is 5.73 Å². The first-order valence-electron chi connectivity index (χ1n) is 11.5. The van der Waals surface area contributed by atoms with Crippen molar-refractivity contribution < 1.29 is 26.4 Å². The molecule has 2 aromatic rings. The lowest BCUT2D eigenvalue weighted by Gasteiger charge is -2.36. The van der Waals surface area contributed by atoms with Crippen molar-refractivity contribution in [1.29, 1.82) is 0 Å². The van der Waals surface area contributed by atoms with E-state index in [1.54, 1.807) is 28.0 Å². The Labute approximate surface area is 207 Å². The van der Waals surface area contributed by atoms with Gasteiger partial charge in [-0.3, -0.25) is 4.90 Å². The average molecular weight is 531 g/mol. The molecule has 0 bridgehead atoms. The zero-order valence-corrected chi connectivity index (χ0v) is 20.8. The number of nitrogens with zero attached hydrogens (tertiary/aromatic N) is 3. The SMILES string of the molecule is NC1CCN(Cc2ccc(C(F)(F)F)cc2)C1.O=S(=O)(c1cccs1)N1CCC2(CC=NO2)CC1. The van der Waals surface area contributed by atoms with Crippen LogP contribution in [0.4, 0.5) is 13.2 Å². The first-order valence-corrected chi connectivity index (χ1v) is 13.8. The summed E-state index contributed by atoms with van der Waals surface area (Å²) in [5.74, 6) is 0. The molecule has 2 N–H and O–H groups in total. The summed E-state index contributed by atoms with van der Waals surface area (Å²) in [7, 11) is -3.31. The number of piperidine rings is 1. The highest BCUT2D eigenvalue weighted by molar-refractivity contribution is 7.91. The van der Waals surface area contributed by atoms with Gasteiger partial charge < -0.3 is 10.6 Å². The van der Waals surface area contributed by atoms with E-state index in [1.165, 1.54) is 23.5 Å². The highest BCUT2D eigenvalue weighted by atomic mass is 32.2. The number of hydrogen-bond donors (Lipinski definition) is 1. The number of alkyl halides is 3. The molecule has 0 aliphatic carbocycles. The van der Waals surface area contributed by atoms with Crippen LogP contribution in [0.1, 0.15) is 36.8 Å². The molecule has 12 heteroatoms. The number of nitrogens with two attached hydrogens (primary N) is 1. The quantitative estimate of drug-likeness (QED) is 0.648. The molecule has 0 amide bonds. The van der Waals surface area contributed by atoms with E-state index in [0.29, 0.717) is 36.7 Å². The van der Waals surface area contributed by atoms with E-state index in [-0.39, 0.29) is 11.6 Å². The summed E-state index contributed by atoms with van der Waals surface area (Å²) in [4.78, 5) is 7.54. The monoisotopic (exact) mass is 530 g/mol. The Balaban J connectivity index is 0.000000165. The number of benzene rings is 1. The third kappa shape index (κ3) is 6.42. The molecule has 1 unspecified atom stereocenters. The summed E-state index contributed by atoms with van der Waals surface area (Å²) >= 11 is 1.26. The molecule has 192 valence electrons. The smallest absolute Gasteiger partial charge is 0.389 e. The van der Waals surface area contributed by atoms with Crippen molar-refractivity contribution in [3.63, 3.8) is 0 Å². The van der Waals surface area contributed by atoms with Crippen molar-refractivity contribution in [3.05, 3.63) is 52.9 Å². The lowest BCUT2D eigenvalue weighted by molar-refractivity contribution is -0.137. The Kier molecular flexibility index (Phi) is 7.86. The molecular weight excluding hydrogens is 501 g/mol. The zero-order chi connectivity index (χ0) is 25.1. The van der Waals surface area contributed by atoms with Crippen LogP contribution in [0.2, 0.25) is 0 Å². The van der Waals surface area contributed by atoms with E-state index in [9.17, 15) is 21.6 Å². The molecule has 1 spiro atoms. The van der Waals surface area contributed by atoms with Crippen LogP contribution in [0.25, 0.3) is 0 Å². The summed E-state index contributed by atoms with van der Waals surface area (Å²) in [6, 6.07) is 8.94. The van der Waals surface area contributed by atoms with Gasteiger partial charge in [0.2, 0.25) is 0 Å². The predicted octanol–water partition coefficient (Wildman–Crippen LogP) is 3.92. The fourth-order valence-corrected chi connectivity index (χ4v) is 7.01. The number of thiophene rings is 1. The highest BCUT2D eigenvalue weighted by Gasteiger charge is 2.42. The zero-order valence-electron chi connectivity index (χ0n) is 19.2. The normalized spacial score (nSPS) is 22.7. The largest absolute Gasteiger partial charge is 0.416 e. The average Bonchev–Trinajstić information content (AvgIpc) is 3.58. The van der Waals surface area contributed by atoms with Crippen LogP contribution in [0.3, 0.4) is 0 Å². The summed E-state index contributed by atoms with van der Waals surface area (Å²) in [5.41, 5.74) is 5.82. The molecule has 0 radical (unpaired) electrons. The second-order valence-electron chi connectivity index (χ2n) is 9.08. The maximum Gasteiger partial charge on any atom is 0.416 e. The molecule has 7 nitrogen and oxygen atoms in total. The summed E-state index contributed by atoms with van der Waals surface area (Å²) < 4.78 is 63.6. The van der Waals surface area contributed by atoms with Gasteiger partial charge in [0.15, 0.2) is 0 Å². The first-order chi connectivity index (χ1) is 16.6. The summed E-state index contributed by atoms with van der Waals surface area (Å²) in [6.45, 7) is 3.42. The van der Waals surface area contributed by atoms with Crippen LogP contribution in [0.5, 0.6) is 0 Å². The molecule has 4 heterocycles. The maximum atomic E-state index is 12.3. The molecule has 2 saturated heterocycles. The van der Waals surface area contributed by atoms with Gasteiger partial charge in [-0.2, -0.15) is 17.5 Å². The molecule has 1 atom stereocenters. The van der Waals surface area contributed by atoms with Crippen LogP contribution in [-0.4, -0.2) is 61.7 Å². The second kappa shape index (κ2) is 10.6. The van der Waals surface area contributed by atoms with Gasteiger partial charge in [0.1, 0.15) is 9.81 Å². The van der Waals surface area contributed by atoms with Crippen molar-refractivity contribution in [1.82, 2.24) is 9.21 Å². The van der Waals surface area contributed by atoms with Crippen molar-refractivity contribution in [2.24, 2.45) is 10.9 Å². The van der Waals surface area contributed by atoms with E-state index < -0.39 is 21.8 Å². The minimum atomic E-state index is -4.26. The minimum Gasteiger partial charge on any atom is -0.389 e. The van der Waals surface area contributed by atoms with Crippen molar-refractivity contribution >= 4 is 27.6 Å². The van der Waals surface area contributed by atoms with Gasteiger partial charge in [0.25, 0.3) is 10.0 Å². The summed E-state index contributed by atoms with van der Waals surface area (Å²) in [5, 5.41) is 5.59. The molecule has 1 aromatic heterocycles. The lowest BCUT2D eigenvalue weighted by Crippen LogP contribution is -2.46. The van der Waals surface area contributed by atoms with Gasteiger partial charge in [-0.25, -0.2) is 8.42 Å². The highest BCUT2D eigenvalue weighted by Crippen LogP contribution is 2.35. The molecule has 3 aliphatic rings. The fraction of sp³-hybridized carbons (Fsp3) is 0.522. The van der Waals surface area contributed by atoms with Crippen LogP contribution >= 0.6 is 11.3 Å². The number of rotatable bonds is 4. The minimum absolute atomic E-state index is 0.199. The Morgan fingerprint density at radius 3 is 2.37 bits per heavy atom. The van der Waals surface area contributed by atoms with Crippen LogP contribution in [-0.2, 0) is 27.6 Å². The summed E-state index contributed by atoms with van der Waals surface area (Å²) in [6.07, 6.45) is 0.674. The van der Waals surface area contributed by atoms with Crippen molar-refractivity contribution in [2.75, 3.05) is 26.2 Å². The van der Waals surface area contributed by atoms with Crippen molar-refractivity contribution in [2.45, 2.75) is 54.3 Å². The molecule has 0 saturated carbocycles. The molecule has 3 aliphatic heterocycles. The molecule has 5 rings (SSSR count). The lowest BCUT2D eigenvalue weighted by atomic mass is 9.90. The number of halogens is 3. The number of hydrogen-bond acceptors (Lipinski definition) is 7. The Hall–Kier alpha value is -1.99. The van der Waals surface area contributed by atoms with Gasteiger partial charge in [-0.1, -0.05) is 23.4 Å². The van der Waals surface area contributed by atoms with E-state index >= 15 is 0 Å². The molecule has 1 aromatic carbocycles. The van der Waals surface area contributed by atoms with E-state index in [4.69, 9.17) is 10.6 Å². The first kappa shape index (κ1) is 26.1. The fourth-order valence-electron chi connectivity index (χ4n) is 4.42. The number of oxime groups is 1. The van der Waals surface area contributed by atoms with E-state index in [2.05, 4.69) is 10.1 Å². The predicted molar refractivity (Wildman–Crippen MR) is 129 cm³/mol. The topological polar surface area (TPSA) is 88.2 Å². The number of likely N-dealkylation sites (tertiary alicyclic amines) is 1. The maximum absolute atomic E-state index is 12.3. The van der Waals surface area contributed by atoms with E-state index in [0.717, 1.165) is 43.6 Å². The van der Waals surface area contributed by atoms with Gasteiger partial charge in [-0.15, -0.1) is 11.3 Å². The number of sulfonamides is 1. The third-order valence-electron chi connectivity index (χ3n) is 6.50.